The first kappa shape index (κ1) is 14.2. The first-order valence-electron chi connectivity index (χ1n) is 6.87. The van der Waals surface area contributed by atoms with Crippen molar-refractivity contribution in [2.75, 3.05) is 7.05 Å². The van der Waals surface area contributed by atoms with Crippen molar-refractivity contribution >= 4 is 11.3 Å². The van der Waals surface area contributed by atoms with Crippen LogP contribution >= 0.6 is 11.3 Å². The fourth-order valence-electron chi connectivity index (χ4n) is 2.10. The molecular formula is C15H21N3S. The van der Waals surface area contributed by atoms with Gasteiger partial charge in [0.1, 0.15) is 10.0 Å². The van der Waals surface area contributed by atoms with Crippen LogP contribution in [0.1, 0.15) is 41.4 Å². The topological polar surface area (TPSA) is 37.8 Å². The lowest BCUT2D eigenvalue weighted by atomic mass is 10.1. The Balaban J connectivity index is 1.83. The van der Waals surface area contributed by atoms with Gasteiger partial charge < -0.3 is 5.32 Å². The Morgan fingerprint density at radius 1 is 1.16 bits per heavy atom. The lowest BCUT2D eigenvalue weighted by molar-refractivity contribution is 0.568. The zero-order chi connectivity index (χ0) is 13.5. The number of nitrogens with zero attached hydrogens (tertiary/aromatic N) is 2. The predicted octanol–water partition coefficient (Wildman–Crippen LogP) is 3.38. The van der Waals surface area contributed by atoms with E-state index in [1.54, 1.807) is 11.3 Å². The molecule has 1 aromatic carbocycles. The van der Waals surface area contributed by atoms with Gasteiger partial charge in [0.25, 0.3) is 0 Å². The van der Waals surface area contributed by atoms with E-state index in [9.17, 15) is 0 Å². The Morgan fingerprint density at radius 2 is 1.95 bits per heavy atom. The minimum atomic E-state index is 0.348. The van der Waals surface area contributed by atoms with Crippen molar-refractivity contribution in [2.24, 2.45) is 0 Å². The smallest absolute Gasteiger partial charge is 0.134 e. The summed E-state index contributed by atoms with van der Waals surface area (Å²) in [7, 11) is 1.98. The van der Waals surface area contributed by atoms with Crippen LogP contribution in [0.2, 0.25) is 0 Å². The summed E-state index contributed by atoms with van der Waals surface area (Å²) in [6.45, 7) is 2.16. The second-order valence-electron chi connectivity index (χ2n) is 4.62. The van der Waals surface area contributed by atoms with E-state index in [1.165, 1.54) is 5.56 Å². The Hall–Kier alpha value is -1.26. The molecule has 1 unspecified atom stereocenters. The molecule has 1 aromatic heterocycles. The predicted molar refractivity (Wildman–Crippen MR) is 80.5 cm³/mol. The van der Waals surface area contributed by atoms with Gasteiger partial charge >= 0.3 is 0 Å². The zero-order valence-electron chi connectivity index (χ0n) is 11.6. The molecule has 0 amide bonds. The highest BCUT2D eigenvalue weighted by molar-refractivity contribution is 7.11. The lowest BCUT2D eigenvalue weighted by Gasteiger charge is -2.07. The molecule has 0 radical (unpaired) electrons. The molecule has 0 saturated carbocycles. The molecule has 1 atom stereocenters. The first-order chi connectivity index (χ1) is 9.33. The molecule has 0 aliphatic heterocycles. The monoisotopic (exact) mass is 275 g/mol. The average molecular weight is 275 g/mol. The summed E-state index contributed by atoms with van der Waals surface area (Å²) < 4.78 is 0. The lowest BCUT2D eigenvalue weighted by Crippen LogP contribution is -2.14. The number of aromatic nitrogens is 2. The summed E-state index contributed by atoms with van der Waals surface area (Å²) in [6.07, 6.45) is 4.32. The van der Waals surface area contributed by atoms with Crippen LogP contribution in [0.5, 0.6) is 0 Å². The van der Waals surface area contributed by atoms with E-state index in [-0.39, 0.29) is 0 Å². The third kappa shape index (κ3) is 4.11. The third-order valence-corrected chi connectivity index (χ3v) is 4.33. The van der Waals surface area contributed by atoms with Crippen molar-refractivity contribution in [1.29, 1.82) is 0 Å². The van der Waals surface area contributed by atoms with Crippen LogP contribution in [0.4, 0.5) is 0 Å². The first-order valence-corrected chi connectivity index (χ1v) is 7.68. The molecule has 1 N–H and O–H groups in total. The minimum Gasteiger partial charge on any atom is -0.311 e. The van der Waals surface area contributed by atoms with E-state index in [4.69, 9.17) is 0 Å². The number of hydrogen-bond donors (Lipinski definition) is 1. The van der Waals surface area contributed by atoms with Crippen molar-refractivity contribution in [3.05, 3.63) is 45.9 Å². The van der Waals surface area contributed by atoms with Gasteiger partial charge in [-0.25, -0.2) is 0 Å². The highest BCUT2D eigenvalue weighted by Crippen LogP contribution is 2.21. The van der Waals surface area contributed by atoms with Crippen molar-refractivity contribution < 1.29 is 0 Å². The SMILES string of the molecule is CCC(NC)c1nnc(CCCc2ccccc2)s1. The summed E-state index contributed by atoms with van der Waals surface area (Å²) in [5.41, 5.74) is 1.40. The van der Waals surface area contributed by atoms with Crippen LogP contribution in [-0.4, -0.2) is 17.2 Å². The molecule has 0 fully saturated rings. The van der Waals surface area contributed by atoms with E-state index in [1.807, 2.05) is 7.05 Å². The van der Waals surface area contributed by atoms with Crippen LogP contribution in [0, 0.1) is 0 Å². The van der Waals surface area contributed by atoms with Gasteiger partial charge in [0.05, 0.1) is 6.04 Å². The third-order valence-electron chi connectivity index (χ3n) is 3.24. The van der Waals surface area contributed by atoms with Gasteiger partial charge in [0, 0.05) is 6.42 Å². The van der Waals surface area contributed by atoms with Crippen molar-refractivity contribution in [1.82, 2.24) is 15.5 Å². The van der Waals surface area contributed by atoms with E-state index in [0.29, 0.717) is 6.04 Å². The number of rotatable bonds is 7. The summed E-state index contributed by atoms with van der Waals surface area (Å²) in [5, 5.41) is 14.1. The van der Waals surface area contributed by atoms with Gasteiger partial charge in [-0.1, -0.05) is 48.6 Å². The zero-order valence-corrected chi connectivity index (χ0v) is 12.4. The van der Waals surface area contributed by atoms with Crippen LogP contribution in [0.25, 0.3) is 0 Å². The summed E-state index contributed by atoms with van der Waals surface area (Å²) >= 11 is 1.74. The molecule has 2 aromatic rings. The van der Waals surface area contributed by atoms with Gasteiger partial charge in [-0.3, -0.25) is 0 Å². The molecule has 0 aliphatic carbocycles. The second kappa shape index (κ2) is 7.36. The highest BCUT2D eigenvalue weighted by Gasteiger charge is 2.12. The molecule has 0 saturated heterocycles. The van der Waals surface area contributed by atoms with Gasteiger partial charge in [-0.05, 0) is 31.9 Å². The van der Waals surface area contributed by atoms with Crippen molar-refractivity contribution in [3.8, 4) is 0 Å². The number of nitrogens with one attached hydrogen (secondary N) is 1. The molecular weight excluding hydrogens is 254 g/mol. The molecule has 2 rings (SSSR count). The van der Waals surface area contributed by atoms with E-state index in [0.717, 1.165) is 35.7 Å². The largest absolute Gasteiger partial charge is 0.311 e. The molecule has 102 valence electrons. The summed E-state index contributed by atoms with van der Waals surface area (Å²) in [4.78, 5) is 0. The average Bonchev–Trinajstić information content (AvgIpc) is 2.90. The molecule has 0 aliphatic rings. The highest BCUT2D eigenvalue weighted by atomic mass is 32.1. The van der Waals surface area contributed by atoms with Crippen LogP contribution in [0.3, 0.4) is 0 Å². The molecule has 4 heteroatoms. The minimum absolute atomic E-state index is 0.348. The summed E-state index contributed by atoms with van der Waals surface area (Å²) in [6, 6.07) is 11.0. The Kier molecular flexibility index (Phi) is 5.48. The van der Waals surface area contributed by atoms with E-state index >= 15 is 0 Å². The number of benzene rings is 1. The second-order valence-corrected chi connectivity index (χ2v) is 5.72. The molecule has 0 bridgehead atoms. The maximum absolute atomic E-state index is 4.29. The quantitative estimate of drug-likeness (QED) is 0.841. The fourth-order valence-corrected chi connectivity index (χ4v) is 3.18. The normalized spacial score (nSPS) is 12.5. The Labute approximate surface area is 119 Å². The van der Waals surface area contributed by atoms with Crippen molar-refractivity contribution in [2.45, 2.75) is 38.6 Å². The van der Waals surface area contributed by atoms with E-state index < -0.39 is 0 Å². The standard InChI is InChI=1S/C15H21N3S/c1-3-13(16-2)15-18-17-14(19-15)11-7-10-12-8-5-4-6-9-12/h4-6,8-9,13,16H,3,7,10-11H2,1-2H3. The number of hydrogen-bond acceptors (Lipinski definition) is 4. The Morgan fingerprint density at radius 3 is 2.63 bits per heavy atom. The molecule has 19 heavy (non-hydrogen) atoms. The van der Waals surface area contributed by atoms with Crippen LogP contribution in [-0.2, 0) is 12.8 Å². The van der Waals surface area contributed by atoms with Gasteiger partial charge in [0.2, 0.25) is 0 Å². The maximum Gasteiger partial charge on any atom is 0.134 e. The van der Waals surface area contributed by atoms with Gasteiger partial charge in [-0.2, -0.15) is 0 Å². The van der Waals surface area contributed by atoms with Gasteiger partial charge in [-0.15, -0.1) is 10.2 Å². The number of aryl methyl sites for hydroxylation is 2. The van der Waals surface area contributed by atoms with Crippen molar-refractivity contribution in [3.63, 3.8) is 0 Å². The Bertz CT molecular complexity index is 477. The van der Waals surface area contributed by atoms with Crippen LogP contribution < -0.4 is 5.32 Å². The van der Waals surface area contributed by atoms with Gasteiger partial charge in [0.15, 0.2) is 0 Å². The molecule has 0 spiro atoms. The van der Waals surface area contributed by atoms with E-state index in [2.05, 4.69) is 52.8 Å². The maximum atomic E-state index is 4.29. The van der Waals surface area contributed by atoms with Crippen LogP contribution in [0.15, 0.2) is 30.3 Å². The summed E-state index contributed by atoms with van der Waals surface area (Å²) in [5.74, 6) is 0. The molecule has 3 nitrogen and oxygen atoms in total. The molecule has 1 heterocycles. The fraction of sp³-hybridized carbons (Fsp3) is 0.467.